The minimum Gasteiger partial charge on any atom is -0.436 e. The molecule has 1 N–H and O–H groups in total. The van der Waals surface area contributed by atoms with Crippen molar-refractivity contribution in [2.45, 2.75) is 19.9 Å². The highest BCUT2D eigenvalue weighted by molar-refractivity contribution is 5.94. The van der Waals surface area contributed by atoms with Crippen molar-refractivity contribution in [3.63, 3.8) is 0 Å². The average molecular weight is 577 g/mol. The molecule has 7 rings (SSSR count). The number of aromatic amines is 1. The van der Waals surface area contributed by atoms with E-state index in [-0.39, 0.29) is 11.9 Å². The Bertz CT molecular complexity index is 1860. The second kappa shape index (κ2) is 11.0. The summed E-state index contributed by atoms with van der Waals surface area (Å²) in [4.78, 5) is 32.9. The Labute approximate surface area is 248 Å². The number of amides is 1. The predicted octanol–water partition coefficient (Wildman–Crippen LogP) is 4.62. The van der Waals surface area contributed by atoms with E-state index >= 15 is 0 Å². The Morgan fingerprint density at radius 1 is 1.02 bits per heavy atom. The van der Waals surface area contributed by atoms with Crippen LogP contribution in [0.25, 0.3) is 21.8 Å². The first-order valence-electron chi connectivity index (χ1n) is 14.4. The molecule has 0 unspecified atom stereocenters. The second-order valence-corrected chi connectivity index (χ2v) is 11.0. The fraction of sp³-hybridized carbons (Fsp3) is 0.281. The summed E-state index contributed by atoms with van der Waals surface area (Å²) in [5.74, 6) is 2.40. The lowest BCUT2D eigenvalue weighted by Crippen LogP contribution is -2.48. The van der Waals surface area contributed by atoms with Crippen LogP contribution < -0.4 is 14.4 Å². The van der Waals surface area contributed by atoms with E-state index < -0.39 is 0 Å². The highest BCUT2D eigenvalue weighted by atomic mass is 16.5. The summed E-state index contributed by atoms with van der Waals surface area (Å²) < 4.78 is 13.0. The normalized spacial score (nSPS) is 15.5. The molecule has 43 heavy (non-hydrogen) atoms. The highest BCUT2D eigenvalue weighted by Gasteiger charge is 2.26. The van der Waals surface area contributed by atoms with Gasteiger partial charge in [-0.1, -0.05) is 24.8 Å². The van der Waals surface area contributed by atoms with E-state index in [2.05, 4.69) is 44.7 Å². The third-order valence-electron chi connectivity index (χ3n) is 8.19. The molecule has 0 bridgehead atoms. The van der Waals surface area contributed by atoms with Gasteiger partial charge in [-0.25, -0.2) is 4.98 Å². The highest BCUT2D eigenvalue weighted by Crippen LogP contribution is 2.38. The van der Waals surface area contributed by atoms with Crippen LogP contribution in [0.2, 0.25) is 0 Å². The number of carbonyl (C=O) groups excluding carboxylic acids is 1. The monoisotopic (exact) mass is 576 g/mol. The molecule has 3 aromatic heterocycles. The third kappa shape index (κ3) is 5.01. The van der Waals surface area contributed by atoms with Gasteiger partial charge in [0.1, 0.15) is 22.8 Å². The number of anilines is 1. The number of aryl methyl sites for hydroxylation is 1. The van der Waals surface area contributed by atoms with Gasteiger partial charge >= 0.3 is 6.01 Å². The van der Waals surface area contributed by atoms with Crippen molar-refractivity contribution in [3.05, 3.63) is 78.1 Å². The lowest BCUT2D eigenvalue weighted by atomic mass is 9.99. The number of piperazine rings is 1. The van der Waals surface area contributed by atoms with Crippen molar-refractivity contribution in [1.82, 2.24) is 34.9 Å². The van der Waals surface area contributed by atoms with E-state index in [1.165, 1.54) is 17.2 Å². The summed E-state index contributed by atoms with van der Waals surface area (Å²) in [6.45, 7) is 9.76. The maximum Gasteiger partial charge on any atom is 0.324 e. The number of hydrogen-bond donors (Lipinski definition) is 1. The number of fused-ring (bicyclic) bond motifs is 3. The minimum atomic E-state index is -0.0700. The second-order valence-electron chi connectivity index (χ2n) is 11.0. The Morgan fingerprint density at radius 3 is 2.72 bits per heavy atom. The van der Waals surface area contributed by atoms with Gasteiger partial charge < -0.3 is 24.2 Å². The lowest BCUT2D eigenvalue weighted by Gasteiger charge is -2.35. The van der Waals surface area contributed by atoms with Gasteiger partial charge in [-0.3, -0.25) is 9.89 Å². The number of aromatic nitrogens is 5. The Kier molecular flexibility index (Phi) is 6.86. The van der Waals surface area contributed by atoms with Gasteiger partial charge in [0.15, 0.2) is 0 Å². The summed E-state index contributed by atoms with van der Waals surface area (Å²) >= 11 is 0. The molecule has 0 saturated carbocycles. The molecule has 1 fully saturated rings. The molecule has 0 aliphatic carbocycles. The molecule has 0 radical (unpaired) electrons. The van der Waals surface area contributed by atoms with E-state index in [1.807, 2.05) is 37.3 Å². The summed E-state index contributed by atoms with van der Waals surface area (Å²) in [6, 6.07) is 12.2. The smallest absolute Gasteiger partial charge is 0.324 e. The summed E-state index contributed by atoms with van der Waals surface area (Å²) in [7, 11) is 2.12. The summed E-state index contributed by atoms with van der Waals surface area (Å²) in [5.41, 5.74) is 4.77. The number of ether oxygens (including phenoxy) is 2. The lowest BCUT2D eigenvalue weighted by molar-refractivity contribution is -0.126. The average Bonchev–Trinajstić information content (AvgIpc) is 3.51. The summed E-state index contributed by atoms with van der Waals surface area (Å²) in [6.07, 6.45) is 5.69. The van der Waals surface area contributed by atoms with E-state index in [4.69, 9.17) is 19.4 Å². The molecular weight excluding hydrogens is 544 g/mol. The number of nitrogens with zero attached hydrogens (tertiary/aromatic N) is 7. The molecule has 1 amide bonds. The predicted molar refractivity (Wildman–Crippen MR) is 164 cm³/mol. The van der Waals surface area contributed by atoms with Crippen LogP contribution in [0, 0.1) is 6.92 Å². The van der Waals surface area contributed by atoms with Crippen molar-refractivity contribution in [2.75, 3.05) is 44.7 Å². The molecule has 0 atom stereocenters. The van der Waals surface area contributed by atoms with Crippen LogP contribution in [-0.2, 0) is 17.8 Å². The molecule has 11 heteroatoms. The molecule has 5 aromatic rings. The van der Waals surface area contributed by atoms with Crippen molar-refractivity contribution >= 4 is 33.5 Å². The van der Waals surface area contributed by atoms with Crippen LogP contribution in [0.1, 0.15) is 16.7 Å². The van der Waals surface area contributed by atoms with Crippen molar-refractivity contribution in [3.8, 4) is 23.4 Å². The van der Waals surface area contributed by atoms with Gasteiger partial charge in [-0.15, -0.1) is 0 Å². The van der Waals surface area contributed by atoms with E-state index in [1.54, 1.807) is 17.3 Å². The van der Waals surface area contributed by atoms with Crippen molar-refractivity contribution < 1.29 is 14.3 Å². The molecule has 2 aromatic carbocycles. The number of hydrogen-bond acceptors (Lipinski definition) is 9. The van der Waals surface area contributed by atoms with Crippen LogP contribution in [0.3, 0.4) is 0 Å². The molecule has 1 saturated heterocycles. The zero-order valence-corrected chi connectivity index (χ0v) is 24.2. The Morgan fingerprint density at radius 2 is 1.88 bits per heavy atom. The van der Waals surface area contributed by atoms with Crippen LogP contribution >= 0.6 is 0 Å². The van der Waals surface area contributed by atoms with E-state index in [0.29, 0.717) is 49.1 Å². The van der Waals surface area contributed by atoms with E-state index in [9.17, 15) is 4.79 Å². The molecule has 2 aliphatic heterocycles. The number of H-pyrrole nitrogens is 1. The van der Waals surface area contributed by atoms with Gasteiger partial charge in [-0.05, 0) is 55.8 Å². The van der Waals surface area contributed by atoms with Crippen molar-refractivity contribution in [1.29, 1.82) is 0 Å². The maximum absolute atomic E-state index is 12.2. The molecular formula is C32H32N8O3. The quantitative estimate of drug-likeness (QED) is 0.290. The van der Waals surface area contributed by atoms with Crippen LogP contribution in [0.4, 0.5) is 5.82 Å². The number of rotatable bonds is 6. The number of likely N-dealkylation sites (N-methyl/N-ethyl adjacent to an activating group) is 1. The fourth-order valence-electron chi connectivity index (χ4n) is 5.87. The fourth-order valence-corrected chi connectivity index (χ4v) is 5.87. The maximum atomic E-state index is 12.2. The molecule has 0 spiro atoms. The minimum absolute atomic E-state index is 0.0700. The topological polar surface area (TPSA) is 113 Å². The molecule has 2 aliphatic rings. The molecule has 218 valence electrons. The zero-order valence-electron chi connectivity index (χ0n) is 24.2. The zero-order chi connectivity index (χ0) is 29.5. The van der Waals surface area contributed by atoms with Crippen LogP contribution in [-0.4, -0.2) is 80.6 Å². The van der Waals surface area contributed by atoms with Crippen LogP contribution in [0.5, 0.6) is 23.4 Å². The van der Waals surface area contributed by atoms with Gasteiger partial charge in [0.25, 0.3) is 0 Å². The molecule has 5 heterocycles. The van der Waals surface area contributed by atoms with Crippen molar-refractivity contribution in [2.24, 2.45) is 0 Å². The first kappa shape index (κ1) is 26.8. The Balaban J connectivity index is 1.32. The van der Waals surface area contributed by atoms with E-state index in [0.717, 1.165) is 47.1 Å². The van der Waals surface area contributed by atoms with Gasteiger partial charge in [0.05, 0.1) is 22.5 Å². The standard InChI is InChI=1S/C32H32N8O3/c1-4-27(41)39-14-16-40(17-15-39)30-23-10-12-33-31(43-29-20(2)8-9-25-24(29)18-34-37-25)28(23)35-32(36-30)42-26-7-5-6-21-19-38(3)13-11-22(21)26/h4-10,12,18H,1,11,13-17,19H2,2-3H3,(H,34,37). The SMILES string of the molecule is C=CC(=O)N1CCN(c2nc(Oc3cccc4c3CCN(C)C4)nc3c(Oc4c(C)ccc5[nH]ncc45)nccc23)CC1. The largest absolute Gasteiger partial charge is 0.436 e. The number of pyridine rings is 1. The first-order chi connectivity index (χ1) is 21.0. The number of nitrogens with one attached hydrogen (secondary N) is 1. The summed E-state index contributed by atoms with van der Waals surface area (Å²) in [5, 5.41) is 8.84. The molecule has 11 nitrogen and oxygen atoms in total. The van der Waals surface area contributed by atoms with Crippen LogP contribution in [0.15, 0.2) is 61.4 Å². The first-order valence-corrected chi connectivity index (χ1v) is 14.4. The number of benzene rings is 2. The third-order valence-corrected chi connectivity index (χ3v) is 8.19. The van der Waals surface area contributed by atoms with Gasteiger partial charge in [0.2, 0.25) is 11.8 Å². The van der Waals surface area contributed by atoms with Gasteiger partial charge in [-0.2, -0.15) is 15.1 Å². The number of carbonyl (C=O) groups is 1. The Hall–Kier alpha value is -5.03. The van der Waals surface area contributed by atoms with Gasteiger partial charge in [0, 0.05) is 51.0 Å².